The van der Waals surface area contributed by atoms with Crippen molar-refractivity contribution >= 4 is 11.9 Å². The number of esters is 1. The van der Waals surface area contributed by atoms with Gasteiger partial charge in [-0.05, 0) is 6.42 Å². The lowest BCUT2D eigenvalue weighted by Crippen LogP contribution is -2.37. The number of carbonyl (C=O) groups is 2. The van der Waals surface area contributed by atoms with E-state index < -0.39 is 17.4 Å². The molecule has 0 aromatic heterocycles. The van der Waals surface area contributed by atoms with E-state index in [4.69, 9.17) is 19.3 Å². The standard InChI is InChI=1S/C16H26O6/c1-4-9-20-11-16(6-3,12-21-10-5-2)13-22-15(19)8-7-14(17)18/h4-5H,1-2,6-13H2,3H3,(H,17,18). The van der Waals surface area contributed by atoms with E-state index in [-0.39, 0.29) is 19.4 Å². The Morgan fingerprint density at radius 3 is 2.00 bits per heavy atom. The highest BCUT2D eigenvalue weighted by Crippen LogP contribution is 2.24. The lowest BCUT2D eigenvalue weighted by atomic mass is 9.88. The van der Waals surface area contributed by atoms with Gasteiger partial charge in [-0.25, -0.2) is 0 Å². The van der Waals surface area contributed by atoms with Gasteiger partial charge in [0.25, 0.3) is 0 Å². The largest absolute Gasteiger partial charge is 0.481 e. The van der Waals surface area contributed by atoms with Crippen molar-refractivity contribution in [1.82, 2.24) is 0 Å². The molecule has 0 heterocycles. The van der Waals surface area contributed by atoms with Crippen LogP contribution >= 0.6 is 0 Å². The van der Waals surface area contributed by atoms with Gasteiger partial charge < -0.3 is 19.3 Å². The second kappa shape index (κ2) is 11.9. The smallest absolute Gasteiger partial charge is 0.306 e. The zero-order valence-electron chi connectivity index (χ0n) is 13.2. The third kappa shape index (κ3) is 9.31. The van der Waals surface area contributed by atoms with Gasteiger partial charge in [-0.3, -0.25) is 9.59 Å². The number of aliphatic carboxylic acids is 1. The maximum Gasteiger partial charge on any atom is 0.306 e. The quantitative estimate of drug-likeness (QED) is 0.301. The van der Waals surface area contributed by atoms with Crippen LogP contribution in [0.1, 0.15) is 26.2 Å². The molecule has 6 nitrogen and oxygen atoms in total. The van der Waals surface area contributed by atoms with Crippen molar-refractivity contribution in [3.05, 3.63) is 25.3 Å². The van der Waals surface area contributed by atoms with Crippen molar-refractivity contribution in [3.8, 4) is 0 Å². The predicted molar refractivity (Wildman–Crippen MR) is 82.6 cm³/mol. The maximum absolute atomic E-state index is 11.6. The summed E-state index contributed by atoms with van der Waals surface area (Å²) in [5, 5.41) is 8.56. The Kier molecular flexibility index (Phi) is 11.0. The summed E-state index contributed by atoms with van der Waals surface area (Å²) in [5.41, 5.74) is -0.467. The average molecular weight is 314 g/mol. The summed E-state index contributed by atoms with van der Waals surface area (Å²) in [4.78, 5) is 22.0. The predicted octanol–water partition coefficient (Wildman–Crippen LogP) is 2.20. The Balaban J connectivity index is 4.52. The van der Waals surface area contributed by atoms with Crippen molar-refractivity contribution in [2.75, 3.05) is 33.0 Å². The first kappa shape index (κ1) is 20.3. The molecule has 1 N–H and O–H groups in total. The monoisotopic (exact) mass is 314 g/mol. The molecule has 0 aliphatic rings. The van der Waals surface area contributed by atoms with Crippen LogP contribution in [0.2, 0.25) is 0 Å². The molecule has 6 heteroatoms. The molecule has 0 rings (SSSR count). The second-order valence-corrected chi connectivity index (χ2v) is 5.02. The molecule has 0 bridgehead atoms. The lowest BCUT2D eigenvalue weighted by Gasteiger charge is -2.31. The van der Waals surface area contributed by atoms with Gasteiger partial charge in [0.15, 0.2) is 0 Å². The fourth-order valence-electron chi connectivity index (χ4n) is 1.66. The Morgan fingerprint density at radius 1 is 1.05 bits per heavy atom. The Bertz CT molecular complexity index is 350. The summed E-state index contributed by atoms with van der Waals surface area (Å²) in [6.45, 7) is 10.8. The highest BCUT2D eigenvalue weighted by Gasteiger charge is 2.31. The highest BCUT2D eigenvalue weighted by atomic mass is 16.5. The SMILES string of the molecule is C=CCOCC(CC)(COCC=C)COC(=O)CCC(=O)O. The van der Waals surface area contributed by atoms with E-state index in [9.17, 15) is 9.59 Å². The molecular formula is C16H26O6. The number of carbonyl (C=O) groups excluding carboxylic acids is 1. The molecule has 0 radical (unpaired) electrons. The van der Waals surface area contributed by atoms with Gasteiger partial charge in [0, 0.05) is 0 Å². The minimum absolute atomic E-state index is 0.121. The molecule has 0 aliphatic heterocycles. The fraction of sp³-hybridized carbons (Fsp3) is 0.625. The van der Waals surface area contributed by atoms with E-state index in [0.29, 0.717) is 32.8 Å². The third-order valence-corrected chi connectivity index (χ3v) is 3.12. The number of hydrogen-bond acceptors (Lipinski definition) is 5. The highest BCUT2D eigenvalue weighted by molar-refractivity contribution is 5.76. The first-order valence-corrected chi connectivity index (χ1v) is 7.24. The van der Waals surface area contributed by atoms with Crippen molar-refractivity contribution in [2.45, 2.75) is 26.2 Å². The maximum atomic E-state index is 11.6. The van der Waals surface area contributed by atoms with E-state index in [1.165, 1.54) is 0 Å². The van der Waals surface area contributed by atoms with Gasteiger partial charge in [-0.2, -0.15) is 0 Å². The minimum Gasteiger partial charge on any atom is -0.481 e. The van der Waals surface area contributed by atoms with Crippen LogP contribution in [0.25, 0.3) is 0 Å². The van der Waals surface area contributed by atoms with Gasteiger partial charge >= 0.3 is 11.9 Å². The van der Waals surface area contributed by atoms with E-state index in [2.05, 4.69) is 13.2 Å². The number of ether oxygens (including phenoxy) is 3. The van der Waals surface area contributed by atoms with Gasteiger partial charge in [0.05, 0.1) is 44.7 Å². The van der Waals surface area contributed by atoms with Crippen molar-refractivity contribution in [2.24, 2.45) is 5.41 Å². The third-order valence-electron chi connectivity index (χ3n) is 3.12. The Morgan fingerprint density at radius 2 is 1.59 bits per heavy atom. The van der Waals surface area contributed by atoms with Crippen molar-refractivity contribution < 1.29 is 28.9 Å². The zero-order chi connectivity index (χ0) is 16.8. The minimum atomic E-state index is -1.03. The van der Waals surface area contributed by atoms with Crippen LogP contribution in [-0.4, -0.2) is 50.1 Å². The molecule has 0 aliphatic carbocycles. The average Bonchev–Trinajstić information content (AvgIpc) is 2.50. The topological polar surface area (TPSA) is 82.1 Å². The molecule has 0 aromatic rings. The molecule has 0 atom stereocenters. The van der Waals surface area contributed by atoms with Crippen LogP contribution in [0.5, 0.6) is 0 Å². The number of carboxylic acids is 1. The van der Waals surface area contributed by atoms with Crippen molar-refractivity contribution in [1.29, 1.82) is 0 Å². The fourth-order valence-corrected chi connectivity index (χ4v) is 1.66. The van der Waals surface area contributed by atoms with Gasteiger partial charge in [0.2, 0.25) is 0 Å². The molecule has 0 aromatic carbocycles. The summed E-state index contributed by atoms with van der Waals surface area (Å²) in [5.74, 6) is -1.56. The number of rotatable bonds is 14. The summed E-state index contributed by atoms with van der Waals surface area (Å²) >= 11 is 0. The molecule has 126 valence electrons. The number of hydrogen-bond donors (Lipinski definition) is 1. The first-order chi connectivity index (χ1) is 10.5. The second-order valence-electron chi connectivity index (χ2n) is 5.02. The zero-order valence-corrected chi connectivity index (χ0v) is 13.2. The van der Waals surface area contributed by atoms with E-state index in [0.717, 1.165) is 0 Å². The molecule has 0 spiro atoms. The normalized spacial score (nSPS) is 11.0. The van der Waals surface area contributed by atoms with E-state index in [1.54, 1.807) is 12.2 Å². The number of carboxylic acid groups (broad SMARTS) is 1. The summed E-state index contributed by atoms with van der Waals surface area (Å²) in [6.07, 6.45) is 3.59. The van der Waals surface area contributed by atoms with Crippen LogP contribution in [0.3, 0.4) is 0 Å². The summed E-state index contributed by atoms with van der Waals surface area (Å²) < 4.78 is 16.2. The van der Waals surface area contributed by atoms with Crippen LogP contribution < -0.4 is 0 Å². The van der Waals surface area contributed by atoms with Gasteiger partial charge in [-0.1, -0.05) is 19.1 Å². The van der Waals surface area contributed by atoms with Gasteiger partial charge in [0.1, 0.15) is 6.61 Å². The van der Waals surface area contributed by atoms with Gasteiger partial charge in [-0.15, -0.1) is 13.2 Å². The van der Waals surface area contributed by atoms with E-state index >= 15 is 0 Å². The Hall–Kier alpha value is -1.66. The molecule has 0 fully saturated rings. The van der Waals surface area contributed by atoms with Crippen LogP contribution in [0.4, 0.5) is 0 Å². The molecular weight excluding hydrogens is 288 g/mol. The van der Waals surface area contributed by atoms with E-state index in [1.807, 2.05) is 6.92 Å². The molecule has 22 heavy (non-hydrogen) atoms. The van der Waals surface area contributed by atoms with Crippen LogP contribution in [0, 0.1) is 5.41 Å². The lowest BCUT2D eigenvalue weighted by molar-refractivity contribution is -0.153. The molecule has 0 amide bonds. The van der Waals surface area contributed by atoms with Crippen LogP contribution in [-0.2, 0) is 23.8 Å². The summed E-state index contributed by atoms with van der Waals surface area (Å²) in [7, 11) is 0. The van der Waals surface area contributed by atoms with Crippen LogP contribution in [0.15, 0.2) is 25.3 Å². The first-order valence-electron chi connectivity index (χ1n) is 7.24. The molecule has 0 saturated heterocycles. The molecule has 0 unspecified atom stereocenters. The molecule has 0 saturated carbocycles. The van der Waals surface area contributed by atoms with Crippen molar-refractivity contribution in [3.63, 3.8) is 0 Å². The Labute approximate surface area is 131 Å². The summed E-state index contributed by atoms with van der Waals surface area (Å²) in [6, 6.07) is 0.